The number of hydrogen-bond acceptors (Lipinski definition) is 2. The van der Waals surface area contributed by atoms with Crippen LogP contribution in [0.4, 0.5) is 4.39 Å². The minimum absolute atomic E-state index is 0.0680. The smallest absolute Gasteiger partial charge is 0.317 e. The molecule has 0 unspecified atom stereocenters. The van der Waals surface area contributed by atoms with Crippen LogP contribution in [0.2, 0.25) is 5.02 Å². The van der Waals surface area contributed by atoms with E-state index in [0.717, 1.165) is 0 Å². The standard InChI is InChI=1S/C12H10ClFO2/c1-8-6-11(14)9(7-10(8)13)4-3-5-12(15)16-2/h6-7H,5H2,1-2H3. The fourth-order valence-corrected chi connectivity index (χ4v) is 1.19. The number of esters is 1. The van der Waals surface area contributed by atoms with Crippen LogP contribution in [-0.4, -0.2) is 13.1 Å². The fourth-order valence-electron chi connectivity index (χ4n) is 1.03. The fraction of sp³-hybridized carbons (Fsp3) is 0.250. The number of benzene rings is 1. The molecule has 84 valence electrons. The summed E-state index contributed by atoms with van der Waals surface area (Å²) in [7, 11) is 1.27. The van der Waals surface area contributed by atoms with Crippen LogP contribution in [0.25, 0.3) is 0 Å². The van der Waals surface area contributed by atoms with Gasteiger partial charge in [-0.3, -0.25) is 4.79 Å². The first-order chi connectivity index (χ1) is 7.54. The maximum Gasteiger partial charge on any atom is 0.317 e. The Hall–Kier alpha value is -1.53. The number of carbonyl (C=O) groups excluding carboxylic acids is 1. The molecule has 0 radical (unpaired) electrons. The van der Waals surface area contributed by atoms with E-state index in [1.165, 1.54) is 19.2 Å². The van der Waals surface area contributed by atoms with Gasteiger partial charge in [-0.05, 0) is 24.6 Å². The second kappa shape index (κ2) is 5.53. The molecule has 0 aliphatic carbocycles. The van der Waals surface area contributed by atoms with Crippen LogP contribution < -0.4 is 0 Å². The van der Waals surface area contributed by atoms with Crippen LogP contribution in [0.3, 0.4) is 0 Å². The summed E-state index contributed by atoms with van der Waals surface area (Å²) in [6, 6.07) is 2.75. The van der Waals surface area contributed by atoms with Crippen LogP contribution in [0.5, 0.6) is 0 Å². The van der Waals surface area contributed by atoms with E-state index in [9.17, 15) is 9.18 Å². The Labute approximate surface area is 98.4 Å². The third-order valence-electron chi connectivity index (χ3n) is 1.93. The zero-order chi connectivity index (χ0) is 12.1. The van der Waals surface area contributed by atoms with Crippen molar-refractivity contribution in [1.29, 1.82) is 0 Å². The van der Waals surface area contributed by atoms with E-state index in [-0.39, 0.29) is 12.0 Å². The normalized spacial score (nSPS) is 9.25. The lowest BCUT2D eigenvalue weighted by Gasteiger charge is -1.99. The van der Waals surface area contributed by atoms with Crippen LogP contribution in [0.1, 0.15) is 17.5 Å². The van der Waals surface area contributed by atoms with E-state index in [2.05, 4.69) is 16.6 Å². The molecule has 0 amide bonds. The average Bonchev–Trinajstić information content (AvgIpc) is 2.25. The van der Waals surface area contributed by atoms with Crippen molar-refractivity contribution in [2.24, 2.45) is 0 Å². The highest BCUT2D eigenvalue weighted by Crippen LogP contribution is 2.19. The van der Waals surface area contributed by atoms with Crippen LogP contribution >= 0.6 is 11.6 Å². The number of aryl methyl sites for hydroxylation is 1. The number of halogens is 2. The van der Waals surface area contributed by atoms with Crippen LogP contribution in [0.15, 0.2) is 12.1 Å². The molecule has 0 aliphatic heterocycles. The first kappa shape index (κ1) is 12.5. The van der Waals surface area contributed by atoms with Gasteiger partial charge in [-0.15, -0.1) is 0 Å². The maximum absolute atomic E-state index is 13.4. The highest BCUT2D eigenvalue weighted by molar-refractivity contribution is 6.31. The van der Waals surface area contributed by atoms with Crippen LogP contribution in [0, 0.1) is 24.6 Å². The van der Waals surface area contributed by atoms with Gasteiger partial charge in [-0.1, -0.05) is 23.4 Å². The molecule has 0 aromatic heterocycles. The number of ether oxygens (including phenoxy) is 1. The van der Waals surface area contributed by atoms with Crippen molar-refractivity contribution in [3.63, 3.8) is 0 Å². The van der Waals surface area contributed by atoms with Crippen molar-refractivity contribution < 1.29 is 13.9 Å². The highest BCUT2D eigenvalue weighted by atomic mass is 35.5. The van der Waals surface area contributed by atoms with Gasteiger partial charge in [-0.2, -0.15) is 0 Å². The van der Waals surface area contributed by atoms with Gasteiger partial charge >= 0.3 is 5.97 Å². The maximum atomic E-state index is 13.4. The van der Waals surface area contributed by atoms with E-state index in [1.54, 1.807) is 6.92 Å². The molecule has 2 nitrogen and oxygen atoms in total. The van der Waals surface area contributed by atoms with Gasteiger partial charge in [0, 0.05) is 5.02 Å². The van der Waals surface area contributed by atoms with Gasteiger partial charge < -0.3 is 4.74 Å². The van der Waals surface area contributed by atoms with E-state index in [0.29, 0.717) is 10.6 Å². The predicted molar refractivity (Wildman–Crippen MR) is 59.7 cm³/mol. The molecule has 0 N–H and O–H groups in total. The van der Waals surface area contributed by atoms with Crippen LogP contribution in [-0.2, 0) is 9.53 Å². The SMILES string of the molecule is COC(=O)CC#Cc1cc(Cl)c(C)cc1F. The Kier molecular flexibility index (Phi) is 4.33. The Bertz CT molecular complexity index is 472. The second-order valence-electron chi connectivity index (χ2n) is 3.14. The average molecular weight is 241 g/mol. The van der Waals surface area contributed by atoms with Crippen molar-refractivity contribution in [1.82, 2.24) is 0 Å². The number of hydrogen-bond donors (Lipinski definition) is 0. The van der Waals surface area contributed by atoms with E-state index >= 15 is 0 Å². The van der Waals surface area contributed by atoms with Crippen molar-refractivity contribution in [2.45, 2.75) is 13.3 Å². The Morgan fingerprint density at radius 2 is 2.25 bits per heavy atom. The molecular weight excluding hydrogens is 231 g/mol. The molecule has 0 atom stereocenters. The molecule has 0 saturated heterocycles. The van der Waals surface area contributed by atoms with Crippen molar-refractivity contribution in [2.75, 3.05) is 7.11 Å². The van der Waals surface area contributed by atoms with Crippen molar-refractivity contribution >= 4 is 17.6 Å². The summed E-state index contributed by atoms with van der Waals surface area (Å²) in [4.78, 5) is 10.8. The molecule has 0 fully saturated rings. The summed E-state index contributed by atoms with van der Waals surface area (Å²) in [5.74, 6) is 4.15. The molecule has 1 rings (SSSR count). The monoisotopic (exact) mass is 240 g/mol. The lowest BCUT2D eigenvalue weighted by atomic mass is 10.1. The molecule has 0 spiro atoms. The van der Waals surface area contributed by atoms with E-state index in [4.69, 9.17) is 11.6 Å². The third-order valence-corrected chi connectivity index (χ3v) is 2.34. The van der Waals surface area contributed by atoms with Crippen molar-refractivity contribution in [3.8, 4) is 11.8 Å². The summed E-state index contributed by atoms with van der Waals surface area (Å²) in [5, 5.41) is 0.448. The van der Waals surface area contributed by atoms with Gasteiger partial charge in [0.05, 0.1) is 12.7 Å². The number of rotatable bonds is 1. The summed E-state index contributed by atoms with van der Waals surface area (Å²) < 4.78 is 17.8. The van der Waals surface area contributed by atoms with Gasteiger partial charge in [0.25, 0.3) is 0 Å². The molecule has 0 bridgehead atoms. The zero-order valence-electron chi connectivity index (χ0n) is 8.93. The third kappa shape index (κ3) is 3.25. The van der Waals surface area contributed by atoms with E-state index < -0.39 is 11.8 Å². The number of carbonyl (C=O) groups is 1. The molecule has 4 heteroatoms. The first-order valence-electron chi connectivity index (χ1n) is 4.56. The minimum Gasteiger partial charge on any atom is -0.468 e. The molecular formula is C12H10ClFO2. The van der Waals surface area contributed by atoms with Gasteiger partial charge in [-0.25, -0.2) is 4.39 Å². The Balaban J connectivity index is 2.89. The molecule has 0 heterocycles. The second-order valence-corrected chi connectivity index (χ2v) is 3.54. The lowest BCUT2D eigenvalue weighted by molar-refractivity contribution is -0.139. The largest absolute Gasteiger partial charge is 0.468 e. The predicted octanol–water partition coefficient (Wildman–Crippen LogP) is 2.70. The molecule has 16 heavy (non-hydrogen) atoms. The first-order valence-corrected chi connectivity index (χ1v) is 4.93. The summed E-state index contributed by atoms with van der Waals surface area (Å²) in [5.41, 5.74) is 0.831. The zero-order valence-corrected chi connectivity index (χ0v) is 9.69. The number of methoxy groups -OCH3 is 1. The summed E-state index contributed by atoms with van der Waals surface area (Å²) in [6.07, 6.45) is -0.0680. The summed E-state index contributed by atoms with van der Waals surface area (Å²) in [6.45, 7) is 1.71. The minimum atomic E-state index is -0.453. The van der Waals surface area contributed by atoms with E-state index in [1.807, 2.05) is 0 Å². The lowest BCUT2D eigenvalue weighted by Crippen LogP contribution is -1.97. The molecule has 0 aliphatic rings. The summed E-state index contributed by atoms with van der Waals surface area (Å²) >= 11 is 5.83. The Morgan fingerprint density at radius 1 is 1.56 bits per heavy atom. The quantitative estimate of drug-likeness (QED) is 0.557. The topological polar surface area (TPSA) is 26.3 Å². The highest BCUT2D eigenvalue weighted by Gasteiger charge is 2.03. The molecule has 1 aromatic rings. The van der Waals surface area contributed by atoms with Gasteiger partial charge in [0.2, 0.25) is 0 Å². The molecule has 0 saturated carbocycles. The van der Waals surface area contributed by atoms with Gasteiger partial charge in [0.1, 0.15) is 12.2 Å². The Morgan fingerprint density at radius 3 is 2.88 bits per heavy atom. The van der Waals surface area contributed by atoms with Gasteiger partial charge in [0.15, 0.2) is 0 Å². The molecule has 1 aromatic carbocycles. The van der Waals surface area contributed by atoms with Crippen molar-refractivity contribution in [3.05, 3.63) is 34.1 Å².